The summed E-state index contributed by atoms with van der Waals surface area (Å²) in [6.45, 7) is 7.22. The smallest absolute Gasteiger partial charge is 0.196 e. The zero-order valence-corrected chi connectivity index (χ0v) is 20.6. The highest BCUT2D eigenvalue weighted by atomic mass is 127. The monoisotopic (exact) mass is 531 g/mol. The lowest BCUT2D eigenvalue weighted by atomic mass is 10.3. The molecule has 0 unspecified atom stereocenters. The van der Waals surface area contributed by atoms with Gasteiger partial charge in [-0.15, -0.1) is 24.0 Å². The number of nitrogens with zero attached hydrogens (tertiary/aromatic N) is 3. The number of guanidine groups is 1. The van der Waals surface area contributed by atoms with Crippen molar-refractivity contribution in [2.24, 2.45) is 12.0 Å². The number of ether oxygens (including phenoxy) is 3. The van der Waals surface area contributed by atoms with Crippen LogP contribution in [0.5, 0.6) is 5.75 Å². The van der Waals surface area contributed by atoms with Gasteiger partial charge in [0.15, 0.2) is 5.96 Å². The molecule has 30 heavy (non-hydrogen) atoms. The standard InChI is InChI=1S/C21H33N5O3.HI/c1-17(2)29-20-8-6-19(7-9-20)25-21(22-10-5-11-28-13-12-27-4)23-14-18-15-24-26(3)16-18;/h6-9,15-17H,5,10-14H2,1-4H3,(H2,22,23,25);1H. The molecule has 0 aliphatic heterocycles. The van der Waals surface area contributed by atoms with E-state index in [4.69, 9.17) is 14.2 Å². The van der Waals surface area contributed by atoms with E-state index in [1.807, 2.05) is 57.6 Å². The molecular formula is C21H34IN5O3. The van der Waals surface area contributed by atoms with Crippen molar-refractivity contribution in [1.82, 2.24) is 15.1 Å². The summed E-state index contributed by atoms with van der Waals surface area (Å²) < 4.78 is 17.9. The van der Waals surface area contributed by atoms with Gasteiger partial charge < -0.3 is 24.8 Å². The van der Waals surface area contributed by atoms with Crippen LogP contribution in [0.25, 0.3) is 0 Å². The van der Waals surface area contributed by atoms with Crippen molar-refractivity contribution in [1.29, 1.82) is 0 Å². The Bertz CT molecular complexity index is 734. The highest BCUT2D eigenvalue weighted by Crippen LogP contribution is 2.17. The molecule has 0 amide bonds. The Morgan fingerprint density at radius 1 is 1.17 bits per heavy atom. The number of nitrogens with one attached hydrogen (secondary N) is 2. The van der Waals surface area contributed by atoms with Gasteiger partial charge in [-0.3, -0.25) is 4.68 Å². The Morgan fingerprint density at radius 2 is 1.93 bits per heavy atom. The topological polar surface area (TPSA) is 81.9 Å². The Kier molecular flexibility index (Phi) is 13.1. The predicted octanol–water partition coefficient (Wildman–Crippen LogP) is 3.44. The van der Waals surface area contributed by atoms with Crippen LogP contribution in [-0.2, 0) is 23.1 Å². The van der Waals surface area contributed by atoms with Crippen LogP contribution >= 0.6 is 24.0 Å². The van der Waals surface area contributed by atoms with Crippen molar-refractivity contribution in [2.75, 3.05) is 38.8 Å². The fraction of sp³-hybridized carbons (Fsp3) is 0.524. The molecule has 2 N–H and O–H groups in total. The number of benzene rings is 1. The molecule has 2 rings (SSSR count). The highest BCUT2D eigenvalue weighted by Gasteiger charge is 2.03. The number of hydrogen-bond donors (Lipinski definition) is 2. The summed E-state index contributed by atoms with van der Waals surface area (Å²) in [5, 5.41) is 10.9. The van der Waals surface area contributed by atoms with Gasteiger partial charge in [0.25, 0.3) is 0 Å². The normalized spacial score (nSPS) is 11.3. The highest BCUT2D eigenvalue weighted by molar-refractivity contribution is 14.0. The summed E-state index contributed by atoms with van der Waals surface area (Å²) in [6.07, 6.45) is 4.81. The lowest BCUT2D eigenvalue weighted by molar-refractivity contribution is 0.0699. The molecule has 168 valence electrons. The Hall–Kier alpha value is -1.85. The molecule has 0 radical (unpaired) electrons. The number of aliphatic imine (C=N–C) groups is 1. The largest absolute Gasteiger partial charge is 0.491 e. The fourth-order valence-corrected chi connectivity index (χ4v) is 2.51. The number of methoxy groups -OCH3 is 1. The van der Waals surface area contributed by atoms with E-state index in [9.17, 15) is 0 Å². The van der Waals surface area contributed by atoms with Crippen LogP contribution in [0.1, 0.15) is 25.8 Å². The maximum absolute atomic E-state index is 5.70. The Morgan fingerprint density at radius 3 is 2.57 bits per heavy atom. The van der Waals surface area contributed by atoms with E-state index in [2.05, 4.69) is 20.7 Å². The SMILES string of the molecule is COCCOCCCNC(=NCc1cnn(C)c1)Nc1ccc(OC(C)C)cc1.I. The summed E-state index contributed by atoms with van der Waals surface area (Å²) >= 11 is 0. The number of hydrogen-bond acceptors (Lipinski definition) is 5. The zero-order chi connectivity index (χ0) is 20.9. The molecular weight excluding hydrogens is 497 g/mol. The third-order valence-electron chi connectivity index (χ3n) is 3.86. The Balaban J connectivity index is 0.00000450. The molecule has 2 aromatic rings. The van der Waals surface area contributed by atoms with Crippen LogP contribution in [0.4, 0.5) is 5.69 Å². The molecule has 1 aromatic carbocycles. The van der Waals surface area contributed by atoms with Gasteiger partial charge in [0, 0.05) is 44.8 Å². The molecule has 0 atom stereocenters. The molecule has 0 fully saturated rings. The molecule has 0 bridgehead atoms. The van der Waals surface area contributed by atoms with Gasteiger partial charge in [-0.05, 0) is 44.5 Å². The average Bonchev–Trinajstić information content (AvgIpc) is 3.11. The maximum Gasteiger partial charge on any atom is 0.196 e. The van der Waals surface area contributed by atoms with Gasteiger partial charge in [0.1, 0.15) is 5.75 Å². The number of aryl methyl sites for hydroxylation is 1. The van der Waals surface area contributed by atoms with Gasteiger partial charge in [-0.25, -0.2) is 4.99 Å². The quantitative estimate of drug-likeness (QED) is 0.189. The van der Waals surface area contributed by atoms with Gasteiger partial charge in [-0.1, -0.05) is 0 Å². The molecule has 0 aliphatic carbocycles. The number of halogens is 1. The van der Waals surface area contributed by atoms with Crippen molar-refractivity contribution >= 4 is 35.6 Å². The third-order valence-corrected chi connectivity index (χ3v) is 3.86. The van der Waals surface area contributed by atoms with Crippen LogP contribution in [-0.4, -0.2) is 55.3 Å². The third kappa shape index (κ3) is 10.8. The zero-order valence-electron chi connectivity index (χ0n) is 18.3. The van der Waals surface area contributed by atoms with Crippen molar-refractivity contribution in [3.8, 4) is 5.75 Å². The van der Waals surface area contributed by atoms with Crippen LogP contribution in [0.3, 0.4) is 0 Å². The summed E-state index contributed by atoms with van der Waals surface area (Å²) in [5.74, 6) is 1.56. The minimum absolute atomic E-state index is 0. The first-order chi connectivity index (χ1) is 14.1. The van der Waals surface area contributed by atoms with Crippen molar-refractivity contribution in [2.45, 2.75) is 32.9 Å². The van der Waals surface area contributed by atoms with Crippen molar-refractivity contribution in [3.05, 3.63) is 42.2 Å². The van der Waals surface area contributed by atoms with E-state index in [1.54, 1.807) is 11.8 Å². The Labute approximate surface area is 196 Å². The van der Waals surface area contributed by atoms with Crippen molar-refractivity contribution < 1.29 is 14.2 Å². The van der Waals surface area contributed by atoms with Crippen molar-refractivity contribution in [3.63, 3.8) is 0 Å². The number of aromatic nitrogens is 2. The van der Waals surface area contributed by atoms with Crippen LogP contribution in [0.2, 0.25) is 0 Å². The molecule has 1 heterocycles. The molecule has 8 nitrogen and oxygen atoms in total. The first kappa shape index (κ1) is 26.2. The minimum Gasteiger partial charge on any atom is -0.491 e. The van der Waals surface area contributed by atoms with Crippen LogP contribution < -0.4 is 15.4 Å². The lowest BCUT2D eigenvalue weighted by Crippen LogP contribution is -2.32. The molecule has 0 saturated heterocycles. The van der Waals surface area contributed by atoms with Gasteiger partial charge in [-0.2, -0.15) is 5.10 Å². The van der Waals surface area contributed by atoms with Crippen LogP contribution in [0.15, 0.2) is 41.7 Å². The second kappa shape index (κ2) is 15.0. The first-order valence-electron chi connectivity index (χ1n) is 9.93. The van der Waals surface area contributed by atoms with Gasteiger partial charge in [0.05, 0.1) is 32.1 Å². The predicted molar refractivity (Wildman–Crippen MR) is 131 cm³/mol. The van der Waals surface area contributed by atoms with E-state index in [0.717, 1.165) is 30.0 Å². The molecule has 0 spiro atoms. The van der Waals surface area contributed by atoms with Gasteiger partial charge >= 0.3 is 0 Å². The van der Waals surface area contributed by atoms with E-state index in [0.29, 0.717) is 32.3 Å². The second-order valence-corrected chi connectivity index (χ2v) is 6.89. The molecule has 0 aliphatic rings. The van der Waals surface area contributed by atoms with E-state index in [1.165, 1.54) is 0 Å². The minimum atomic E-state index is 0. The first-order valence-corrected chi connectivity index (χ1v) is 9.93. The van der Waals surface area contributed by atoms with E-state index in [-0.39, 0.29) is 30.1 Å². The van der Waals surface area contributed by atoms with E-state index >= 15 is 0 Å². The number of anilines is 1. The summed E-state index contributed by atoms with van der Waals surface area (Å²) in [6, 6.07) is 7.86. The summed E-state index contributed by atoms with van der Waals surface area (Å²) in [7, 11) is 3.57. The maximum atomic E-state index is 5.70. The number of rotatable bonds is 12. The molecule has 1 aromatic heterocycles. The summed E-state index contributed by atoms with van der Waals surface area (Å²) in [5.41, 5.74) is 1.99. The fourth-order valence-electron chi connectivity index (χ4n) is 2.51. The van der Waals surface area contributed by atoms with E-state index < -0.39 is 0 Å². The molecule has 9 heteroatoms. The molecule has 0 saturated carbocycles. The van der Waals surface area contributed by atoms with Crippen LogP contribution in [0, 0.1) is 0 Å². The lowest BCUT2D eigenvalue weighted by Gasteiger charge is -2.14. The second-order valence-electron chi connectivity index (χ2n) is 6.89. The van der Waals surface area contributed by atoms with Gasteiger partial charge in [0.2, 0.25) is 0 Å². The average molecular weight is 531 g/mol. The summed E-state index contributed by atoms with van der Waals surface area (Å²) in [4.78, 5) is 4.67.